The van der Waals surface area contributed by atoms with E-state index in [0.29, 0.717) is 0 Å². The highest BCUT2D eigenvalue weighted by atomic mass is 35.5. The third kappa shape index (κ3) is 2.60. The molecule has 4 aromatic carbocycles. The SMILES string of the molecule is Clc1ccccc1C1CC(c2ccccc2)(c2ccccc2)c2ccccc21. The molecule has 0 bridgehead atoms. The highest BCUT2D eigenvalue weighted by Gasteiger charge is 2.46. The molecule has 5 rings (SSSR count). The lowest BCUT2D eigenvalue weighted by Gasteiger charge is -2.32. The summed E-state index contributed by atoms with van der Waals surface area (Å²) in [7, 11) is 0. The molecule has 1 unspecified atom stereocenters. The number of halogens is 1. The Morgan fingerprint density at radius 3 is 1.68 bits per heavy atom. The van der Waals surface area contributed by atoms with Gasteiger partial charge in [-0.1, -0.05) is 115 Å². The zero-order valence-electron chi connectivity index (χ0n) is 15.6. The second-order valence-corrected chi connectivity index (χ2v) is 7.91. The Bertz CT molecular complexity index is 1060. The summed E-state index contributed by atoms with van der Waals surface area (Å²) in [6.07, 6.45) is 0.976. The van der Waals surface area contributed by atoms with Crippen LogP contribution in [0, 0.1) is 0 Å². The molecule has 1 atom stereocenters. The average Bonchev–Trinajstić information content (AvgIpc) is 3.12. The monoisotopic (exact) mass is 380 g/mol. The van der Waals surface area contributed by atoms with Gasteiger partial charge < -0.3 is 0 Å². The number of fused-ring (bicyclic) bond motifs is 1. The van der Waals surface area contributed by atoms with Crippen molar-refractivity contribution in [2.45, 2.75) is 17.8 Å². The summed E-state index contributed by atoms with van der Waals surface area (Å²) < 4.78 is 0. The van der Waals surface area contributed by atoms with Crippen LogP contribution in [0.3, 0.4) is 0 Å². The lowest BCUT2D eigenvalue weighted by molar-refractivity contribution is 0.577. The molecule has 0 fully saturated rings. The zero-order chi connectivity index (χ0) is 19.0. The molecule has 0 N–H and O–H groups in total. The maximum Gasteiger partial charge on any atom is 0.0463 e. The minimum atomic E-state index is -0.178. The molecule has 0 aliphatic heterocycles. The van der Waals surface area contributed by atoms with Gasteiger partial charge in [-0.15, -0.1) is 0 Å². The minimum Gasteiger partial charge on any atom is -0.0840 e. The Labute approximate surface area is 171 Å². The van der Waals surface area contributed by atoms with Gasteiger partial charge in [0.2, 0.25) is 0 Å². The fourth-order valence-electron chi connectivity index (χ4n) is 4.91. The van der Waals surface area contributed by atoms with E-state index in [0.717, 1.165) is 11.4 Å². The highest BCUT2D eigenvalue weighted by Crippen LogP contribution is 2.56. The number of benzene rings is 4. The van der Waals surface area contributed by atoms with Crippen molar-refractivity contribution in [3.05, 3.63) is 142 Å². The Hall–Kier alpha value is -2.83. The van der Waals surface area contributed by atoms with Crippen molar-refractivity contribution in [3.8, 4) is 0 Å². The first-order valence-corrected chi connectivity index (χ1v) is 10.1. The maximum absolute atomic E-state index is 6.66. The standard InChI is InChI=1S/C27H21Cl/c28-26-18-10-8-16-23(26)24-19-27(20-11-3-1-4-12-20,21-13-5-2-6-14-21)25-17-9-7-15-22(24)25/h1-18,24H,19H2. The van der Waals surface area contributed by atoms with Crippen LogP contribution in [0.5, 0.6) is 0 Å². The van der Waals surface area contributed by atoms with Gasteiger partial charge in [-0.2, -0.15) is 0 Å². The zero-order valence-corrected chi connectivity index (χ0v) is 16.3. The van der Waals surface area contributed by atoms with Crippen LogP contribution >= 0.6 is 11.6 Å². The van der Waals surface area contributed by atoms with Crippen molar-refractivity contribution < 1.29 is 0 Å². The third-order valence-corrected chi connectivity index (χ3v) is 6.46. The van der Waals surface area contributed by atoms with Crippen LogP contribution in [-0.2, 0) is 5.41 Å². The summed E-state index contributed by atoms with van der Waals surface area (Å²) in [6.45, 7) is 0. The molecular formula is C27H21Cl. The summed E-state index contributed by atoms with van der Waals surface area (Å²) in [5.41, 5.74) is 6.47. The Kier molecular flexibility index (Phi) is 4.30. The second kappa shape index (κ2) is 6.96. The molecule has 0 saturated heterocycles. The van der Waals surface area contributed by atoms with E-state index >= 15 is 0 Å². The van der Waals surface area contributed by atoms with Crippen molar-refractivity contribution >= 4 is 11.6 Å². The van der Waals surface area contributed by atoms with Crippen LogP contribution in [0.1, 0.15) is 40.2 Å². The lowest BCUT2D eigenvalue weighted by atomic mass is 9.69. The highest BCUT2D eigenvalue weighted by molar-refractivity contribution is 6.31. The molecule has 0 radical (unpaired) electrons. The molecular weight excluding hydrogens is 360 g/mol. The van der Waals surface area contributed by atoms with Gasteiger partial charge >= 0.3 is 0 Å². The average molecular weight is 381 g/mol. The molecule has 0 amide bonds. The van der Waals surface area contributed by atoms with E-state index in [1.807, 2.05) is 12.1 Å². The van der Waals surface area contributed by atoms with E-state index < -0.39 is 0 Å². The molecule has 0 spiro atoms. The predicted molar refractivity (Wildman–Crippen MR) is 117 cm³/mol. The molecule has 136 valence electrons. The van der Waals surface area contributed by atoms with Gasteiger partial charge in [-0.25, -0.2) is 0 Å². The van der Waals surface area contributed by atoms with Gasteiger partial charge in [0, 0.05) is 16.4 Å². The molecule has 1 heteroatoms. The topological polar surface area (TPSA) is 0 Å². The first-order valence-electron chi connectivity index (χ1n) is 9.75. The number of hydrogen-bond donors (Lipinski definition) is 0. The van der Waals surface area contributed by atoms with Crippen LogP contribution in [0.25, 0.3) is 0 Å². The minimum absolute atomic E-state index is 0.178. The summed E-state index contributed by atoms with van der Waals surface area (Å²) in [6, 6.07) is 39.0. The number of rotatable bonds is 3. The third-order valence-electron chi connectivity index (χ3n) is 6.12. The van der Waals surface area contributed by atoms with E-state index in [9.17, 15) is 0 Å². The molecule has 1 aliphatic rings. The van der Waals surface area contributed by atoms with Crippen LogP contribution < -0.4 is 0 Å². The Balaban J connectivity index is 1.81. The molecule has 0 heterocycles. The lowest BCUT2D eigenvalue weighted by Crippen LogP contribution is -2.26. The van der Waals surface area contributed by atoms with Crippen molar-refractivity contribution in [3.63, 3.8) is 0 Å². The van der Waals surface area contributed by atoms with E-state index in [2.05, 4.69) is 97.1 Å². The van der Waals surface area contributed by atoms with Gasteiger partial charge in [-0.05, 0) is 40.3 Å². The van der Waals surface area contributed by atoms with Crippen LogP contribution in [0.4, 0.5) is 0 Å². The molecule has 1 aliphatic carbocycles. The maximum atomic E-state index is 6.66. The van der Waals surface area contributed by atoms with Crippen molar-refractivity contribution in [2.24, 2.45) is 0 Å². The first-order chi connectivity index (χ1) is 13.8. The van der Waals surface area contributed by atoms with Gasteiger partial charge in [-0.3, -0.25) is 0 Å². The summed E-state index contributed by atoms with van der Waals surface area (Å²) in [5, 5.41) is 0.847. The first kappa shape index (κ1) is 17.3. The second-order valence-electron chi connectivity index (χ2n) is 7.50. The molecule has 0 aromatic heterocycles. The van der Waals surface area contributed by atoms with Crippen LogP contribution in [0.2, 0.25) is 5.02 Å². The summed E-state index contributed by atoms with van der Waals surface area (Å²) >= 11 is 6.66. The summed E-state index contributed by atoms with van der Waals surface area (Å²) in [5.74, 6) is 0.269. The largest absolute Gasteiger partial charge is 0.0840 e. The van der Waals surface area contributed by atoms with Gasteiger partial charge in [0.1, 0.15) is 0 Å². The predicted octanol–water partition coefficient (Wildman–Crippen LogP) is 7.21. The van der Waals surface area contributed by atoms with E-state index in [1.165, 1.54) is 27.8 Å². The van der Waals surface area contributed by atoms with E-state index in [-0.39, 0.29) is 11.3 Å². The van der Waals surface area contributed by atoms with E-state index in [4.69, 9.17) is 11.6 Å². The van der Waals surface area contributed by atoms with E-state index in [1.54, 1.807) is 0 Å². The van der Waals surface area contributed by atoms with Gasteiger partial charge in [0.15, 0.2) is 0 Å². The normalized spacial score (nSPS) is 17.2. The smallest absolute Gasteiger partial charge is 0.0463 e. The fraction of sp³-hybridized carbons (Fsp3) is 0.111. The Morgan fingerprint density at radius 2 is 1.07 bits per heavy atom. The fourth-order valence-corrected chi connectivity index (χ4v) is 5.18. The quantitative estimate of drug-likeness (QED) is 0.352. The molecule has 4 aromatic rings. The van der Waals surface area contributed by atoms with Crippen LogP contribution in [-0.4, -0.2) is 0 Å². The number of hydrogen-bond acceptors (Lipinski definition) is 0. The summed E-state index contributed by atoms with van der Waals surface area (Å²) in [4.78, 5) is 0. The molecule has 0 saturated carbocycles. The van der Waals surface area contributed by atoms with Gasteiger partial charge in [0.25, 0.3) is 0 Å². The van der Waals surface area contributed by atoms with Gasteiger partial charge in [0.05, 0.1) is 0 Å². The van der Waals surface area contributed by atoms with Crippen molar-refractivity contribution in [2.75, 3.05) is 0 Å². The molecule has 28 heavy (non-hydrogen) atoms. The molecule has 0 nitrogen and oxygen atoms in total. The Morgan fingerprint density at radius 1 is 0.571 bits per heavy atom. The van der Waals surface area contributed by atoms with Crippen molar-refractivity contribution in [1.82, 2.24) is 0 Å². The van der Waals surface area contributed by atoms with Crippen molar-refractivity contribution in [1.29, 1.82) is 0 Å². The van der Waals surface area contributed by atoms with Crippen LogP contribution in [0.15, 0.2) is 109 Å².